The molecular formula is C9H12ClN3S. The monoisotopic (exact) mass is 229 g/mol. The highest BCUT2D eigenvalue weighted by Gasteiger charge is 2.17. The second-order valence-corrected chi connectivity index (χ2v) is 4.97. The Balaban J connectivity index is 2.84. The summed E-state index contributed by atoms with van der Waals surface area (Å²) in [6.45, 7) is 6.25. The fraction of sp³-hybridized carbons (Fsp3) is 0.556. The van der Waals surface area contributed by atoms with E-state index >= 15 is 0 Å². The lowest BCUT2D eigenvalue weighted by Gasteiger charge is -2.23. The van der Waals surface area contributed by atoms with Crippen LogP contribution in [0.4, 0.5) is 5.13 Å². The normalized spacial score (nSPS) is 11.1. The zero-order chi connectivity index (χ0) is 10.8. The van der Waals surface area contributed by atoms with E-state index in [9.17, 15) is 0 Å². The number of nitrogens with one attached hydrogen (secondary N) is 1. The van der Waals surface area contributed by atoms with E-state index in [0.717, 1.165) is 6.42 Å². The summed E-state index contributed by atoms with van der Waals surface area (Å²) in [6.07, 6.45) is 0.978. The topological polar surface area (TPSA) is 48.7 Å². The summed E-state index contributed by atoms with van der Waals surface area (Å²) < 4.78 is 0. The van der Waals surface area contributed by atoms with Crippen LogP contribution in [0.3, 0.4) is 0 Å². The minimum Gasteiger partial charge on any atom is -0.357 e. The van der Waals surface area contributed by atoms with Gasteiger partial charge < -0.3 is 5.32 Å². The molecule has 0 aromatic carbocycles. The Labute approximate surface area is 92.7 Å². The van der Waals surface area contributed by atoms with Crippen molar-refractivity contribution in [1.29, 1.82) is 5.26 Å². The molecule has 1 heterocycles. The van der Waals surface area contributed by atoms with Crippen molar-refractivity contribution in [3.8, 4) is 6.07 Å². The highest BCUT2D eigenvalue weighted by molar-refractivity contribution is 7.16. The average molecular weight is 230 g/mol. The molecule has 1 aromatic heterocycles. The number of nitriles is 1. The van der Waals surface area contributed by atoms with E-state index in [1.807, 2.05) is 6.07 Å². The van der Waals surface area contributed by atoms with Crippen molar-refractivity contribution in [2.24, 2.45) is 0 Å². The van der Waals surface area contributed by atoms with Crippen LogP contribution in [0.1, 0.15) is 32.1 Å². The number of rotatable bonds is 3. The van der Waals surface area contributed by atoms with Gasteiger partial charge in [-0.25, -0.2) is 4.98 Å². The molecule has 5 heteroatoms. The van der Waals surface area contributed by atoms with Crippen LogP contribution in [0, 0.1) is 11.3 Å². The minimum atomic E-state index is -0.0199. The second-order valence-electron chi connectivity index (χ2n) is 3.61. The third-order valence-electron chi connectivity index (χ3n) is 2.02. The molecule has 0 aliphatic carbocycles. The summed E-state index contributed by atoms with van der Waals surface area (Å²) in [5.41, 5.74) is -0.0199. The number of hydrogen-bond donors (Lipinski definition) is 1. The number of thiazole rings is 1. The zero-order valence-electron chi connectivity index (χ0n) is 8.39. The van der Waals surface area contributed by atoms with E-state index in [1.54, 1.807) is 0 Å². The number of hydrogen-bond acceptors (Lipinski definition) is 4. The van der Waals surface area contributed by atoms with Gasteiger partial charge in [0.1, 0.15) is 10.9 Å². The first-order valence-corrected chi connectivity index (χ1v) is 5.52. The van der Waals surface area contributed by atoms with Crippen LogP contribution in [0.5, 0.6) is 0 Å². The lowest BCUT2D eigenvalue weighted by atomic mass is 10.0. The Morgan fingerprint density at radius 1 is 1.64 bits per heavy atom. The molecule has 0 radical (unpaired) electrons. The minimum absolute atomic E-state index is 0.0199. The zero-order valence-corrected chi connectivity index (χ0v) is 9.96. The molecule has 0 saturated heterocycles. The van der Waals surface area contributed by atoms with Gasteiger partial charge in [-0.15, -0.1) is 0 Å². The van der Waals surface area contributed by atoms with Crippen LogP contribution in [0.25, 0.3) is 0 Å². The third kappa shape index (κ3) is 2.60. The van der Waals surface area contributed by atoms with Crippen molar-refractivity contribution < 1.29 is 0 Å². The van der Waals surface area contributed by atoms with E-state index in [0.29, 0.717) is 10.0 Å². The fourth-order valence-electron chi connectivity index (χ4n) is 0.802. The van der Waals surface area contributed by atoms with Gasteiger partial charge in [0.05, 0.1) is 0 Å². The molecule has 14 heavy (non-hydrogen) atoms. The SMILES string of the molecule is CCC(C)(C)Nc1nc(Cl)c(C#N)s1. The molecule has 3 nitrogen and oxygen atoms in total. The molecule has 0 bridgehead atoms. The molecule has 1 N–H and O–H groups in total. The Hall–Kier alpha value is -0.790. The van der Waals surface area contributed by atoms with E-state index in [4.69, 9.17) is 16.9 Å². The van der Waals surface area contributed by atoms with Crippen LogP contribution < -0.4 is 5.32 Å². The fourth-order valence-corrected chi connectivity index (χ4v) is 1.93. The molecule has 0 saturated carbocycles. The van der Waals surface area contributed by atoms with Gasteiger partial charge in [-0.3, -0.25) is 0 Å². The van der Waals surface area contributed by atoms with Crippen LogP contribution in [-0.2, 0) is 0 Å². The first-order valence-electron chi connectivity index (χ1n) is 4.33. The molecule has 76 valence electrons. The van der Waals surface area contributed by atoms with Gasteiger partial charge in [0.2, 0.25) is 0 Å². The highest BCUT2D eigenvalue weighted by atomic mass is 35.5. The second kappa shape index (κ2) is 4.16. The predicted molar refractivity (Wildman–Crippen MR) is 59.8 cm³/mol. The maximum absolute atomic E-state index is 8.70. The van der Waals surface area contributed by atoms with Crippen molar-refractivity contribution in [2.75, 3.05) is 5.32 Å². The van der Waals surface area contributed by atoms with Crippen molar-refractivity contribution in [3.05, 3.63) is 10.0 Å². The van der Waals surface area contributed by atoms with E-state index in [1.165, 1.54) is 11.3 Å². The molecule has 1 rings (SSSR count). The van der Waals surface area contributed by atoms with Gasteiger partial charge in [0.15, 0.2) is 10.3 Å². The highest BCUT2D eigenvalue weighted by Crippen LogP contribution is 2.28. The molecule has 1 aromatic rings. The van der Waals surface area contributed by atoms with Gasteiger partial charge in [0, 0.05) is 5.54 Å². The van der Waals surface area contributed by atoms with E-state index in [-0.39, 0.29) is 10.7 Å². The van der Waals surface area contributed by atoms with E-state index < -0.39 is 0 Å². The summed E-state index contributed by atoms with van der Waals surface area (Å²) in [5, 5.41) is 12.9. The molecule has 0 amide bonds. The van der Waals surface area contributed by atoms with Crippen LogP contribution >= 0.6 is 22.9 Å². The first-order chi connectivity index (χ1) is 6.48. The average Bonchev–Trinajstić information content (AvgIpc) is 2.45. The Morgan fingerprint density at radius 3 is 2.71 bits per heavy atom. The number of nitrogens with zero attached hydrogens (tertiary/aromatic N) is 2. The molecule has 0 spiro atoms. The van der Waals surface area contributed by atoms with Gasteiger partial charge in [0.25, 0.3) is 0 Å². The summed E-state index contributed by atoms with van der Waals surface area (Å²) in [7, 11) is 0. The molecule has 0 atom stereocenters. The van der Waals surface area contributed by atoms with Crippen molar-refractivity contribution in [3.63, 3.8) is 0 Å². The maximum Gasteiger partial charge on any atom is 0.185 e. The molecule has 0 fully saturated rings. The molecule has 0 aliphatic rings. The first kappa shape index (κ1) is 11.3. The van der Waals surface area contributed by atoms with Crippen LogP contribution in [0.2, 0.25) is 5.15 Å². The van der Waals surface area contributed by atoms with Crippen LogP contribution in [0.15, 0.2) is 0 Å². The lowest BCUT2D eigenvalue weighted by molar-refractivity contribution is 0.547. The van der Waals surface area contributed by atoms with Gasteiger partial charge in [-0.2, -0.15) is 5.26 Å². The van der Waals surface area contributed by atoms with Gasteiger partial charge in [-0.05, 0) is 20.3 Å². The van der Waals surface area contributed by atoms with E-state index in [2.05, 4.69) is 31.1 Å². The number of anilines is 1. The molecule has 0 unspecified atom stereocenters. The van der Waals surface area contributed by atoms with Crippen molar-refractivity contribution in [2.45, 2.75) is 32.7 Å². The smallest absolute Gasteiger partial charge is 0.185 e. The van der Waals surface area contributed by atoms with Crippen molar-refractivity contribution in [1.82, 2.24) is 4.98 Å². The van der Waals surface area contributed by atoms with Gasteiger partial charge in [-0.1, -0.05) is 29.9 Å². The maximum atomic E-state index is 8.70. The molecular weight excluding hydrogens is 218 g/mol. The molecule has 0 aliphatic heterocycles. The Bertz CT molecular complexity index is 365. The number of halogens is 1. The number of aromatic nitrogens is 1. The Kier molecular flexibility index (Phi) is 3.35. The largest absolute Gasteiger partial charge is 0.357 e. The summed E-state index contributed by atoms with van der Waals surface area (Å²) in [5.74, 6) is 0. The summed E-state index contributed by atoms with van der Waals surface area (Å²) in [6, 6.07) is 2.00. The standard InChI is InChI=1S/C9H12ClN3S/c1-4-9(2,3)13-8-12-7(10)6(5-11)14-8/h4H2,1-3H3,(H,12,13). The summed E-state index contributed by atoms with van der Waals surface area (Å²) >= 11 is 7.04. The summed E-state index contributed by atoms with van der Waals surface area (Å²) in [4.78, 5) is 4.52. The quantitative estimate of drug-likeness (QED) is 0.866. The van der Waals surface area contributed by atoms with Crippen molar-refractivity contribution >= 4 is 28.1 Å². The lowest BCUT2D eigenvalue weighted by Crippen LogP contribution is -2.29. The van der Waals surface area contributed by atoms with Crippen LogP contribution in [-0.4, -0.2) is 10.5 Å². The Morgan fingerprint density at radius 2 is 2.29 bits per heavy atom. The van der Waals surface area contributed by atoms with Gasteiger partial charge >= 0.3 is 0 Å². The third-order valence-corrected chi connectivity index (χ3v) is 3.28. The predicted octanol–water partition coefficient (Wildman–Crippen LogP) is 3.27.